The molecule has 22 heavy (non-hydrogen) atoms. The highest BCUT2D eigenvalue weighted by atomic mass is 16.7. The summed E-state index contributed by atoms with van der Waals surface area (Å²) in [6, 6.07) is 18.3. The minimum absolute atomic E-state index is 0.319. The predicted molar refractivity (Wildman–Crippen MR) is 90.0 cm³/mol. The lowest BCUT2D eigenvalue weighted by molar-refractivity contribution is -0.138. The second-order valence-electron chi connectivity index (χ2n) is 5.13. The van der Waals surface area contributed by atoms with Gasteiger partial charge in [-0.25, -0.2) is 4.79 Å². The van der Waals surface area contributed by atoms with E-state index in [2.05, 4.69) is 29.9 Å². The topological polar surface area (TPSA) is 38.7 Å². The molecule has 0 unspecified atom stereocenters. The lowest BCUT2D eigenvalue weighted by Crippen LogP contribution is -2.00. The summed E-state index contributed by atoms with van der Waals surface area (Å²) in [4.78, 5) is 16.3. The number of benzene rings is 3. The van der Waals surface area contributed by atoms with Crippen molar-refractivity contribution in [1.29, 1.82) is 0 Å². The van der Waals surface area contributed by atoms with Gasteiger partial charge < -0.3 is 4.84 Å². The highest BCUT2D eigenvalue weighted by Crippen LogP contribution is 2.27. The lowest BCUT2D eigenvalue weighted by Gasteiger charge is -2.07. The number of hydrogen-bond donors (Lipinski definition) is 0. The molecular weight excluding hydrogens is 274 g/mol. The van der Waals surface area contributed by atoms with Crippen molar-refractivity contribution in [3.63, 3.8) is 0 Å². The van der Waals surface area contributed by atoms with Crippen LogP contribution < -0.4 is 0 Å². The van der Waals surface area contributed by atoms with E-state index in [1.165, 1.54) is 0 Å². The number of carbonyl (C=O) groups excluding carboxylic acids is 1. The third kappa shape index (κ3) is 2.61. The summed E-state index contributed by atoms with van der Waals surface area (Å²) in [6.07, 6.45) is 1.59. The number of oxime groups is 1. The first-order valence-electron chi connectivity index (χ1n) is 6.97. The molecule has 0 bridgehead atoms. The molecule has 0 aromatic heterocycles. The van der Waals surface area contributed by atoms with Gasteiger partial charge in [-0.2, -0.15) is 0 Å². The van der Waals surface area contributed by atoms with Crippen molar-refractivity contribution in [2.75, 3.05) is 0 Å². The molecule has 108 valence electrons. The maximum atomic E-state index is 11.4. The summed E-state index contributed by atoms with van der Waals surface area (Å²) in [5.41, 5.74) is 1.25. The van der Waals surface area contributed by atoms with Crippen LogP contribution in [0.5, 0.6) is 0 Å². The summed E-state index contributed by atoms with van der Waals surface area (Å²) in [7, 11) is 0. The Labute approximate surface area is 128 Å². The molecule has 0 atom stereocenters. The van der Waals surface area contributed by atoms with Crippen LogP contribution in [-0.2, 0) is 9.63 Å². The summed E-state index contributed by atoms with van der Waals surface area (Å²) >= 11 is 0. The smallest absolute Gasteiger partial charge is 0.313 e. The van der Waals surface area contributed by atoms with Crippen molar-refractivity contribution in [1.82, 2.24) is 0 Å². The van der Waals surface area contributed by atoms with E-state index >= 15 is 0 Å². The monoisotopic (exact) mass is 289 g/mol. The highest BCUT2D eigenvalue weighted by Gasteiger charge is 2.06. The van der Waals surface area contributed by atoms with Gasteiger partial charge in [0.15, 0.2) is 0 Å². The van der Waals surface area contributed by atoms with Gasteiger partial charge in [-0.3, -0.25) is 0 Å². The van der Waals surface area contributed by atoms with Gasteiger partial charge in [0.1, 0.15) is 0 Å². The fourth-order valence-corrected chi connectivity index (χ4v) is 2.39. The molecule has 0 radical (unpaired) electrons. The van der Waals surface area contributed by atoms with Crippen LogP contribution in [0.1, 0.15) is 12.5 Å². The highest BCUT2D eigenvalue weighted by molar-refractivity contribution is 6.13. The van der Waals surface area contributed by atoms with E-state index in [1.807, 2.05) is 36.4 Å². The van der Waals surface area contributed by atoms with Crippen LogP contribution >= 0.6 is 0 Å². The van der Waals surface area contributed by atoms with E-state index in [-0.39, 0.29) is 0 Å². The summed E-state index contributed by atoms with van der Waals surface area (Å²) < 4.78 is 0. The van der Waals surface area contributed by atoms with Gasteiger partial charge in [-0.1, -0.05) is 60.3 Å². The number of carbonyl (C=O) groups is 1. The van der Waals surface area contributed by atoms with Crippen LogP contribution in [0.25, 0.3) is 21.5 Å². The lowest BCUT2D eigenvalue weighted by atomic mass is 9.97. The minimum atomic E-state index is -0.527. The quantitative estimate of drug-likeness (QED) is 0.235. The average Bonchev–Trinajstić information content (AvgIpc) is 2.53. The van der Waals surface area contributed by atoms with Gasteiger partial charge in [0.2, 0.25) is 0 Å². The Bertz CT molecular complexity index is 856. The molecule has 0 N–H and O–H groups in total. The maximum absolute atomic E-state index is 11.4. The fourth-order valence-electron chi connectivity index (χ4n) is 2.39. The zero-order chi connectivity index (χ0) is 15.5. The van der Waals surface area contributed by atoms with Gasteiger partial charge in [0.25, 0.3) is 0 Å². The van der Waals surface area contributed by atoms with Crippen molar-refractivity contribution in [3.05, 3.63) is 72.3 Å². The molecule has 0 saturated carbocycles. The fraction of sp³-hybridized carbons (Fsp3) is 0.0526. The number of rotatable bonds is 3. The molecule has 0 fully saturated rings. The van der Waals surface area contributed by atoms with Gasteiger partial charge >= 0.3 is 5.97 Å². The van der Waals surface area contributed by atoms with Gasteiger partial charge in [0, 0.05) is 11.1 Å². The molecule has 0 aliphatic carbocycles. The van der Waals surface area contributed by atoms with Crippen molar-refractivity contribution < 1.29 is 9.63 Å². The molecule has 3 aromatic rings. The molecule has 3 aromatic carbocycles. The number of fused-ring (bicyclic) bond motifs is 2. The van der Waals surface area contributed by atoms with E-state index < -0.39 is 5.97 Å². The first kappa shape index (κ1) is 14.0. The molecular formula is C19H15NO2. The summed E-state index contributed by atoms with van der Waals surface area (Å²) in [5, 5.41) is 8.20. The van der Waals surface area contributed by atoms with Gasteiger partial charge in [-0.15, -0.1) is 0 Å². The molecule has 3 heteroatoms. The third-order valence-corrected chi connectivity index (χ3v) is 3.48. The zero-order valence-corrected chi connectivity index (χ0v) is 12.2. The number of nitrogens with zero attached hydrogens (tertiary/aromatic N) is 1. The van der Waals surface area contributed by atoms with E-state index in [9.17, 15) is 4.79 Å². The van der Waals surface area contributed by atoms with Crippen LogP contribution in [-0.4, -0.2) is 12.2 Å². The Morgan fingerprint density at radius 3 is 2.14 bits per heavy atom. The summed E-state index contributed by atoms with van der Waals surface area (Å²) in [6.45, 7) is 5.12. The molecule has 3 nitrogen and oxygen atoms in total. The van der Waals surface area contributed by atoms with Crippen LogP contribution in [0, 0.1) is 0 Å². The second-order valence-corrected chi connectivity index (χ2v) is 5.13. The molecule has 0 aliphatic rings. The van der Waals surface area contributed by atoms with Crippen LogP contribution in [0.2, 0.25) is 0 Å². The second kappa shape index (κ2) is 5.82. The molecule has 0 saturated heterocycles. The van der Waals surface area contributed by atoms with E-state index in [0.717, 1.165) is 27.1 Å². The zero-order valence-electron chi connectivity index (χ0n) is 12.2. The Morgan fingerprint density at radius 1 is 1.05 bits per heavy atom. The Hall–Kier alpha value is -2.94. The molecule has 0 aliphatic heterocycles. The molecule has 0 amide bonds. The van der Waals surface area contributed by atoms with E-state index in [4.69, 9.17) is 4.84 Å². The normalized spacial score (nSPS) is 11.1. The Morgan fingerprint density at radius 2 is 1.59 bits per heavy atom. The first-order chi connectivity index (χ1) is 10.7. The third-order valence-electron chi connectivity index (χ3n) is 3.48. The van der Waals surface area contributed by atoms with Crippen LogP contribution in [0.15, 0.2) is 71.9 Å². The summed E-state index contributed by atoms with van der Waals surface area (Å²) in [5.74, 6) is -0.527. The standard InChI is InChI=1S/C19H15NO2/c1-13(2)19(21)22-20-12-18-16-9-5-3-7-14(16)11-15-8-4-6-10-17(15)18/h3-12H,1H2,2H3/b20-12+. The maximum Gasteiger partial charge on any atom is 0.360 e. The molecule has 3 rings (SSSR count). The SMILES string of the molecule is C=C(C)C(=O)O/N=C/c1c2ccccc2cc2ccccc12. The Kier molecular flexibility index (Phi) is 3.71. The predicted octanol–water partition coefficient (Wildman–Crippen LogP) is 4.45. The molecule has 0 spiro atoms. The average molecular weight is 289 g/mol. The largest absolute Gasteiger partial charge is 0.360 e. The minimum Gasteiger partial charge on any atom is -0.313 e. The Balaban J connectivity index is 2.14. The van der Waals surface area contributed by atoms with Crippen molar-refractivity contribution >= 4 is 33.7 Å². The van der Waals surface area contributed by atoms with E-state index in [1.54, 1.807) is 13.1 Å². The van der Waals surface area contributed by atoms with Gasteiger partial charge in [0.05, 0.1) is 6.21 Å². The van der Waals surface area contributed by atoms with Crippen LogP contribution in [0.4, 0.5) is 0 Å². The van der Waals surface area contributed by atoms with Crippen molar-refractivity contribution in [2.45, 2.75) is 6.92 Å². The van der Waals surface area contributed by atoms with Crippen molar-refractivity contribution in [2.24, 2.45) is 5.16 Å². The first-order valence-corrected chi connectivity index (χ1v) is 6.97. The van der Waals surface area contributed by atoms with Crippen molar-refractivity contribution in [3.8, 4) is 0 Å². The van der Waals surface area contributed by atoms with Crippen LogP contribution in [0.3, 0.4) is 0 Å². The van der Waals surface area contributed by atoms with E-state index in [0.29, 0.717) is 5.57 Å². The van der Waals surface area contributed by atoms with Gasteiger partial charge in [-0.05, 0) is 34.5 Å². The number of hydrogen-bond acceptors (Lipinski definition) is 3. The molecule has 0 heterocycles.